The highest BCUT2D eigenvalue weighted by molar-refractivity contribution is 14.0. The second-order valence-electron chi connectivity index (χ2n) is 7.38. The zero-order valence-corrected chi connectivity index (χ0v) is 18.8. The molecule has 0 amide bonds. The lowest BCUT2D eigenvalue weighted by molar-refractivity contribution is 0.115. The molecule has 24 heavy (non-hydrogen) atoms. The number of sulfone groups is 1. The molecule has 0 atom stereocenters. The van der Waals surface area contributed by atoms with Gasteiger partial charge in [-0.2, -0.15) is 0 Å². The summed E-state index contributed by atoms with van der Waals surface area (Å²) in [6.07, 6.45) is 4.53. The van der Waals surface area contributed by atoms with E-state index in [0.29, 0.717) is 19.6 Å². The summed E-state index contributed by atoms with van der Waals surface area (Å²) < 4.78 is 28.3. The first kappa shape index (κ1) is 23.9. The number of likely N-dealkylation sites (N-methyl/N-ethyl adjacent to an activating group) is 1. The first-order valence-corrected chi connectivity index (χ1v) is 10.4. The number of hydrogen-bond acceptors (Lipinski definition) is 4. The van der Waals surface area contributed by atoms with Crippen LogP contribution in [0.4, 0.5) is 0 Å². The highest BCUT2D eigenvalue weighted by Crippen LogP contribution is 2.28. The average molecular weight is 475 g/mol. The van der Waals surface area contributed by atoms with E-state index in [1.54, 1.807) is 7.05 Å². The van der Waals surface area contributed by atoms with E-state index >= 15 is 0 Å². The van der Waals surface area contributed by atoms with Crippen molar-refractivity contribution in [1.29, 1.82) is 0 Å². The molecule has 1 aliphatic rings. The molecule has 0 heterocycles. The Morgan fingerprint density at radius 3 is 2.50 bits per heavy atom. The van der Waals surface area contributed by atoms with Crippen LogP contribution in [0.15, 0.2) is 4.99 Å². The second kappa shape index (κ2) is 10.8. The van der Waals surface area contributed by atoms with Gasteiger partial charge in [-0.15, -0.1) is 24.0 Å². The van der Waals surface area contributed by atoms with Gasteiger partial charge in [0.25, 0.3) is 0 Å². The van der Waals surface area contributed by atoms with Gasteiger partial charge < -0.3 is 15.0 Å². The van der Waals surface area contributed by atoms with E-state index < -0.39 is 9.84 Å². The number of hydrogen-bond donors (Lipinski definition) is 1. The Morgan fingerprint density at radius 1 is 1.38 bits per heavy atom. The Hall–Kier alpha value is -0.0900. The molecular weight excluding hydrogens is 441 g/mol. The normalized spacial score (nSPS) is 15.8. The van der Waals surface area contributed by atoms with E-state index in [-0.39, 0.29) is 35.1 Å². The maximum atomic E-state index is 11.3. The van der Waals surface area contributed by atoms with Gasteiger partial charge in [0.1, 0.15) is 9.84 Å². The minimum Gasteiger partial charge on any atom is -0.379 e. The lowest BCUT2D eigenvalue weighted by Crippen LogP contribution is -2.44. The summed E-state index contributed by atoms with van der Waals surface area (Å²) in [5, 5.41) is 3.33. The summed E-state index contributed by atoms with van der Waals surface area (Å²) >= 11 is 0. The van der Waals surface area contributed by atoms with Crippen LogP contribution in [0.1, 0.15) is 33.1 Å². The number of guanidine groups is 1. The van der Waals surface area contributed by atoms with Gasteiger partial charge in [-0.25, -0.2) is 8.42 Å². The minimum absolute atomic E-state index is 0. The molecule has 0 aromatic rings. The molecule has 0 unspecified atom stereocenters. The van der Waals surface area contributed by atoms with Gasteiger partial charge in [-0.05, 0) is 30.6 Å². The van der Waals surface area contributed by atoms with Crippen LogP contribution >= 0.6 is 24.0 Å². The van der Waals surface area contributed by atoms with Crippen LogP contribution in [0.2, 0.25) is 0 Å². The number of aliphatic imine (C=N–C) groups is 1. The maximum absolute atomic E-state index is 11.3. The van der Waals surface area contributed by atoms with E-state index in [4.69, 9.17) is 4.74 Å². The Balaban J connectivity index is 0.00000529. The van der Waals surface area contributed by atoms with Gasteiger partial charge in [-0.1, -0.05) is 13.8 Å². The smallest absolute Gasteiger partial charge is 0.193 e. The van der Waals surface area contributed by atoms with Crippen molar-refractivity contribution in [2.45, 2.75) is 33.1 Å². The van der Waals surface area contributed by atoms with Crippen molar-refractivity contribution in [1.82, 2.24) is 10.2 Å². The van der Waals surface area contributed by atoms with E-state index in [1.165, 1.54) is 19.1 Å². The van der Waals surface area contributed by atoms with Gasteiger partial charge in [0, 0.05) is 40.0 Å². The summed E-state index contributed by atoms with van der Waals surface area (Å²) in [7, 11) is 0.823. The van der Waals surface area contributed by atoms with Crippen molar-refractivity contribution in [2.24, 2.45) is 16.3 Å². The van der Waals surface area contributed by atoms with Gasteiger partial charge in [0.15, 0.2) is 5.96 Å². The van der Waals surface area contributed by atoms with Crippen molar-refractivity contribution >= 4 is 39.8 Å². The number of nitrogens with zero attached hydrogens (tertiary/aromatic N) is 2. The number of nitrogens with one attached hydrogen (secondary N) is 1. The Morgan fingerprint density at radius 2 is 2.00 bits per heavy atom. The zero-order valence-electron chi connectivity index (χ0n) is 15.7. The predicted molar refractivity (Wildman–Crippen MR) is 111 cm³/mol. The van der Waals surface area contributed by atoms with Crippen LogP contribution in [0.3, 0.4) is 0 Å². The maximum Gasteiger partial charge on any atom is 0.193 e. The fraction of sp³-hybridized carbons (Fsp3) is 0.938. The molecule has 0 bridgehead atoms. The first-order valence-electron chi connectivity index (χ1n) is 8.30. The highest BCUT2D eigenvalue weighted by Gasteiger charge is 2.22. The predicted octanol–water partition coefficient (Wildman–Crippen LogP) is 2.00. The van der Waals surface area contributed by atoms with Crippen LogP contribution in [-0.2, 0) is 14.6 Å². The van der Waals surface area contributed by atoms with Crippen LogP contribution in [0.25, 0.3) is 0 Å². The van der Waals surface area contributed by atoms with E-state index in [0.717, 1.165) is 25.0 Å². The third-order valence-electron chi connectivity index (χ3n) is 4.07. The third kappa shape index (κ3) is 11.5. The molecule has 1 N–H and O–H groups in total. The summed E-state index contributed by atoms with van der Waals surface area (Å²) in [4.78, 5) is 6.32. The highest BCUT2D eigenvalue weighted by atomic mass is 127. The lowest BCUT2D eigenvalue weighted by atomic mass is 9.90. The molecule has 1 fully saturated rings. The van der Waals surface area contributed by atoms with E-state index in [2.05, 4.69) is 24.2 Å². The third-order valence-corrected chi connectivity index (χ3v) is 5.02. The number of ether oxygens (including phenoxy) is 1. The van der Waals surface area contributed by atoms with Gasteiger partial charge in [0.05, 0.1) is 12.4 Å². The Bertz CT molecular complexity index is 491. The van der Waals surface area contributed by atoms with Gasteiger partial charge >= 0.3 is 0 Å². The molecule has 0 radical (unpaired) electrons. The fourth-order valence-electron chi connectivity index (χ4n) is 2.10. The van der Waals surface area contributed by atoms with Gasteiger partial charge in [-0.3, -0.25) is 4.99 Å². The quantitative estimate of drug-likeness (QED) is 0.227. The molecular formula is C16H34IN3O3S. The summed E-state index contributed by atoms with van der Waals surface area (Å²) in [5.41, 5.74) is -0.109. The first-order chi connectivity index (χ1) is 10.6. The van der Waals surface area contributed by atoms with Crippen molar-refractivity contribution < 1.29 is 13.2 Å². The largest absolute Gasteiger partial charge is 0.379 e. The molecule has 0 aliphatic heterocycles. The van der Waals surface area contributed by atoms with Crippen molar-refractivity contribution in [2.75, 3.05) is 52.4 Å². The summed E-state index contributed by atoms with van der Waals surface area (Å²) in [5.74, 6) is 1.81. The molecule has 6 nitrogen and oxygen atoms in total. The number of halogens is 1. The molecule has 1 saturated carbocycles. The number of rotatable bonds is 10. The van der Waals surface area contributed by atoms with Crippen molar-refractivity contribution in [3.05, 3.63) is 0 Å². The lowest BCUT2D eigenvalue weighted by Gasteiger charge is -2.28. The molecule has 0 saturated heterocycles. The van der Waals surface area contributed by atoms with Crippen molar-refractivity contribution in [3.8, 4) is 0 Å². The van der Waals surface area contributed by atoms with Crippen molar-refractivity contribution in [3.63, 3.8) is 0 Å². The zero-order chi connectivity index (χ0) is 17.5. The SMILES string of the molecule is CN=C(NCC(C)(C)CCS(C)(=O)=O)N(C)CCOCC1CC1.I. The molecule has 1 rings (SSSR count). The monoisotopic (exact) mass is 475 g/mol. The molecule has 1 aliphatic carbocycles. The minimum atomic E-state index is -2.92. The summed E-state index contributed by atoms with van der Waals surface area (Å²) in [6, 6.07) is 0. The molecule has 8 heteroatoms. The van der Waals surface area contributed by atoms with Crippen LogP contribution in [0, 0.1) is 11.3 Å². The molecule has 0 aromatic heterocycles. The van der Waals surface area contributed by atoms with E-state index in [9.17, 15) is 8.42 Å². The Labute approximate surface area is 164 Å². The van der Waals surface area contributed by atoms with Crippen LogP contribution in [0.5, 0.6) is 0 Å². The second-order valence-corrected chi connectivity index (χ2v) is 9.64. The average Bonchev–Trinajstić information content (AvgIpc) is 3.26. The molecule has 0 aromatic carbocycles. The topological polar surface area (TPSA) is 71.0 Å². The van der Waals surface area contributed by atoms with Crippen LogP contribution < -0.4 is 5.32 Å². The Kier molecular flexibility index (Phi) is 10.8. The fourth-order valence-corrected chi connectivity index (χ4v) is 3.02. The molecule has 0 spiro atoms. The summed E-state index contributed by atoms with van der Waals surface area (Å²) in [6.45, 7) is 7.18. The van der Waals surface area contributed by atoms with E-state index in [1.807, 2.05) is 11.9 Å². The standard InChI is InChI=1S/C16H33N3O3S.HI/c1-16(2,8-11-23(5,20)21)13-18-15(17-3)19(4)9-10-22-12-14-6-7-14;/h14H,6-13H2,1-5H3,(H,17,18);1H. The molecule has 144 valence electrons. The van der Waals surface area contributed by atoms with Crippen LogP contribution in [-0.4, -0.2) is 71.7 Å². The van der Waals surface area contributed by atoms with Gasteiger partial charge in [0.2, 0.25) is 0 Å².